The molecule has 0 aliphatic rings. The van der Waals surface area contributed by atoms with E-state index in [9.17, 15) is 0 Å². The first-order valence-corrected chi connectivity index (χ1v) is 31.2. The van der Waals surface area contributed by atoms with Crippen LogP contribution < -0.4 is 21.2 Å². The molecule has 0 saturated carbocycles. The Morgan fingerprint density at radius 3 is 0.724 bits per heavy atom. The van der Waals surface area contributed by atoms with Gasteiger partial charge in [-0.3, -0.25) is 0 Å². The minimum absolute atomic E-state index is 0.447. The molecule has 0 bridgehead atoms. The monoisotopic (exact) mass is 850 g/mol. The second-order valence-corrected chi connectivity index (χ2v) is 62.2. The maximum Gasteiger partial charge on any atom is 0.144 e. The minimum atomic E-state index is -1.91. The van der Waals surface area contributed by atoms with Gasteiger partial charge in [-0.2, -0.15) is 0 Å². The molecule has 4 aromatic rings. The summed E-state index contributed by atoms with van der Waals surface area (Å²) in [6.45, 7) is 0. The van der Waals surface area contributed by atoms with Crippen LogP contribution in [0.3, 0.4) is 0 Å². The minimum Gasteiger partial charge on any atom is -0.0620 e. The molecule has 0 amide bonds. The zero-order chi connectivity index (χ0) is 20.5. The van der Waals surface area contributed by atoms with Crippen molar-refractivity contribution in [3.8, 4) is 0 Å². The Morgan fingerprint density at radius 1 is 0.379 bits per heavy atom. The van der Waals surface area contributed by atoms with Gasteiger partial charge in [0, 0.05) is 0 Å². The summed E-state index contributed by atoms with van der Waals surface area (Å²) in [5.74, 6) is 0. The molecule has 0 aromatic heterocycles. The van der Waals surface area contributed by atoms with Gasteiger partial charge in [-0.1, -0.05) is 72.8 Å². The van der Waals surface area contributed by atoms with Crippen LogP contribution in [-0.4, -0.2) is 7.72 Å². The van der Waals surface area contributed by atoms with Crippen LogP contribution in [0.5, 0.6) is 0 Å². The Hall–Kier alpha value is 0.290. The van der Waals surface area contributed by atoms with E-state index in [1.54, 1.807) is 0 Å². The Kier molecular flexibility index (Phi) is 10.2. The van der Waals surface area contributed by atoms with Gasteiger partial charge in [0.2, 0.25) is 0 Å². The predicted molar refractivity (Wildman–Crippen MR) is 159 cm³/mol. The smallest absolute Gasteiger partial charge is 0.0620 e. The third-order valence-corrected chi connectivity index (χ3v) is 8.86. The van der Waals surface area contributed by atoms with E-state index in [4.69, 9.17) is 0 Å². The molecule has 147 valence electrons. The van der Waals surface area contributed by atoms with Crippen molar-refractivity contribution in [1.29, 1.82) is 0 Å². The molecule has 0 heterocycles. The van der Waals surface area contributed by atoms with Gasteiger partial charge in [-0.05, 0) is 48.5 Å². The number of hydrogen-bond acceptors (Lipinski definition) is 0. The predicted octanol–water partition coefficient (Wildman–Crippen LogP) is 6.58. The van der Waals surface area contributed by atoms with Crippen LogP contribution >= 0.6 is 63.3 Å². The molecular formula is C24H20I3PTe+. The molecule has 0 spiro atoms. The fraction of sp³-hybridized carbons (Fsp3) is 0. The largest absolute Gasteiger partial charge is 0.144 e. The second-order valence-electron chi connectivity index (χ2n) is 6.19. The molecule has 4 aromatic carbocycles. The third kappa shape index (κ3) is 6.17. The number of benzene rings is 4. The molecule has 1 radical (unpaired) electrons. The average molecular weight is 848 g/mol. The standard InChI is InChI=1S/C24H20P.I3Te/c1-5-13-21(14-6-1)25(22-15-7-2-8-16-22,23-17-9-3-10-18-23)24-19-11-4-12-20-24;1-4(2)3/h1-20H;/q+1;. The summed E-state index contributed by atoms with van der Waals surface area (Å²) >= 11 is 7.46. The molecule has 29 heavy (non-hydrogen) atoms. The molecule has 0 N–H and O–H groups in total. The van der Waals surface area contributed by atoms with E-state index in [0.29, 0.717) is 0 Å². The maximum atomic E-state index is 2.49. The van der Waals surface area contributed by atoms with E-state index in [-0.39, 0.29) is 0 Å². The van der Waals surface area contributed by atoms with Crippen molar-refractivity contribution in [3.05, 3.63) is 121 Å². The van der Waals surface area contributed by atoms with E-state index >= 15 is 0 Å². The van der Waals surface area contributed by atoms with Crippen LogP contribution in [0, 0.1) is 0 Å². The van der Waals surface area contributed by atoms with Crippen molar-refractivity contribution < 1.29 is 0 Å². The van der Waals surface area contributed by atoms with Crippen LogP contribution in [0.25, 0.3) is 0 Å². The fourth-order valence-electron chi connectivity index (χ4n) is 3.50. The van der Waals surface area contributed by atoms with Crippen molar-refractivity contribution in [1.82, 2.24) is 0 Å². The Morgan fingerprint density at radius 2 is 0.552 bits per heavy atom. The Bertz CT molecular complexity index is 815. The first kappa shape index (κ1) is 23.9. The van der Waals surface area contributed by atoms with E-state index in [0.717, 1.165) is 0 Å². The van der Waals surface area contributed by atoms with Crippen LogP contribution in [0.4, 0.5) is 0 Å². The molecule has 0 aliphatic carbocycles. The summed E-state index contributed by atoms with van der Waals surface area (Å²) in [7, 11) is -2.35. The maximum absolute atomic E-state index is 2.49. The van der Waals surface area contributed by atoms with Crippen molar-refractivity contribution in [2.24, 2.45) is 0 Å². The van der Waals surface area contributed by atoms with Crippen molar-refractivity contribution >= 4 is 92.3 Å². The van der Waals surface area contributed by atoms with Gasteiger partial charge in [-0.25, -0.2) is 0 Å². The van der Waals surface area contributed by atoms with Gasteiger partial charge in [0.15, 0.2) is 0 Å². The second kappa shape index (κ2) is 12.4. The fourth-order valence-corrected chi connectivity index (χ4v) is 7.77. The average Bonchev–Trinajstić information content (AvgIpc) is 2.77. The summed E-state index contributed by atoms with van der Waals surface area (Å²) < 4.78 is 0. The van der Waals surface area contributed by atoms with Gasteiger partial charge in [0.25, 0.3) is 0 Å². The molecule has 0 nitrogen and oxygen atoms in total. The quantitative estimate of drug-likeness (QED) is 0.124. The number of halogens is 3. The normalized spacial score (nSPS) is 10.9. The van der Waals surface area contributed by atoms with Crippen molar-refractivity contribution in [2.45, 2.75) is 0 Å². The summed E-state index contributed by atoms with van der Waals surface area (Å²) in [6.07, 6.45) is 0. The summed E-state index contributed by atoms with van der Waals surface area (Å²) in [4.78, 5) is 0. The van der Waals surface area contributed by atoms with Crippen LogP contribution in [0.15, 0.2) is 121 Å². The molecular weight excluding hydrogens is 828 g/mol. The Labute approximate surface area is 210 Å². The summed E-state index contributed by atoms with van der Waals surface area (Å²) in [5, 5.41) is 5.55. The van der Waals surface area contributed by atoms with E-state index in [1.165, 1.54) is 21.2 Å². The zero-order valence-corrected chi connectivity index (χ0v) is 25.2. The number of rotatable bonds is 4. The van der Waals surface area contributed by atoms with Crippen molar-refractivity contribution in [2.75, 3.05) is 0 Å². The molecule has 0 fully saturated rings. The molecule has 0 saturated heterocycles. The van der Waals surface area contributed by atoms with Gasteiger partial charge in [-0.15, -0.1) is 0 Å². The van der Waals surface area contributed by atoms with E-state index < -0.39 is 15.0 Å². The Balaban J connectivity index is 0.000000552. The first-order valence-electron chi connectivity index (χ1n) is 9.00. The molecule has 0 unspecified atom stereocenters. The van der Waals surface area contributed by atoms with E-state index in [2.05, 4.69) is 177 Å². The summed E-state index contributed by atoms with van der Waals surface area (Å²) in [5.41, 5.74) is 0. The molecule has 4 rings (SSSR count). The van der Waals surface area contributed by atoms with Gasteiger partial charge in [0.1, 0.15) is 28.5 Å². The third-order valence-electron chi connectivity index (χ3n) is 4.57. The van der Waals surface area contributed by atoms with Gasteiger partial charge in [0.05, 0.1) is 0 Å². The van der Waals surface area contributed by atoms with Crippen LogP contribution in [0.2, 0.25) is 0 Å². The van der Waals surface area contributed by atoms with Crippen molar-refractivity contribution in [3.63, 3.8) is 0 Å². The topological polar surface area (TPSA) is 0 Å². The first-order chi connectivity index (χ1) is 14.2. The van der Waals surface area contributed by atoms with Gasteiger partial charge >= 0.3 is 63.8 Å². The SMILES string of the molecule is I[Te](I)I.c1ccc([P+](c2ccccc2)(c2ccccc2)c2ccccc2)cc1. The molecule has 0 aliphatic heterocycles. The van der Waals surface area contributed by atoms with Gasteiger partial charge < -0.3 is 0 Å². The van der Waals surface area contributed by atoms with Crippen LogP contribution in [-0.2, 0) is 0 Å². The van der Waals surface area contributed by atoms with E-state index in [1.807, 2.05) is 0 Å². The molecule has 0 atom stereocenters. The summed E-state index contributed by atoms with van der Waals surface area (Å²) in [6, 6.07) is 43.8. The zero-order valence-electron chi connectivity index (χ0n) is 15.5. The molecule has 5 heteroatoms. The van der Waals surface area contributed by atoms with Crippen LogP contribution in [0.1, 0.15) is 0 Å². The number of hydrogen-bond donors (Lipinski definition) is 0.